The lowest BCUT2D eigenvalue weighted by atomic mass is 10.2. The molecule has 1 aromatic rings. The van der Waals surface area contributed by atoms with Crippen molar-refractivity contribution in [1.82, 2.24) is 9.88 Å². The van der Waals surface area contributed by atoms with Crippen LogP contribution in [0.25, 0.3) is 0 Å². The van der Waals surface area contributed by atoms with Crippen LogP contribution in [0.5, 0.6) is 0 Å². The van der Waals surface area contributed by atoms with Gasteiger partial charge < -0.3 is 0 Å². The minimum absolute atomic E-state index is 0.500. The van der Waals surface area contributed by atoms with Crippen LogP contribution in [0.1, 0.15) is 31.5 Å². The van der Waals surface area contributed by atoms with Crippen LogP contribution in [-0.2, 0) is 6.54 Å². The summed E-state index contributed by atoms with van der Waals surface area (Å²) in [5.41, 5.74) is 1.66. The Bertz CT molecular complexity index is 341. The van der Waals surface area contributed by atoms with E-state index in [2.05, 4.69) is 29.8 Å². The Morgan fingerprint density at radius 1 is 1.47 bits per heavy atom. The van der Waals surface area contributed by atoms with Crippen molar-refractivity contribution >= 4 is 0 Å². The van der Waals surface area contributed by atoms with Crippen LogP contribution in [0, 0.1) is 11.3 Å². The summed E-state index contributed by atoms with van der Waals surface area (Å²) in [7, 11) is 0. The quantitative estimate of drug-likeness (QED) is 0.736. The van der Waals surface area contributed by atoms with Crippen LogP contribution >= 0.6 is 0 Å². The molecule has 0 aromatic carbocycles. The van der Waals surface area contributed by atoms with Crippen LogP contribution in [-0.4, -0.2) is 23.0 Å². The minimum Gasteiger partial charge on any atom is -0.299 e. The highest BCUT2D eigenvalue weighted by molar-refractivity contribution is 5.25. The third-order valence-corrected chi connectivity index (χ3v) is 2.33. The molecule has 3 heteroatoms. The zero-order chi connectivity index (χ0) is 11.1. The average molecular weight is 203 g/mol. The van der Waals surface area contributed by atoms with Crippen molar-refractivity contribution in [3.05, 3.63) is 29.6 Å². The van der Waals surface area contributed by atoms with E-state index in [1.165, 1.54) is 0 Å². The summed E-state index contributed by atoms with van der Waals surface area (Å²) < 4.78 is 0. The molecule has 0 aliphatic carbocycles. The molecular weight excluding hydrogens is 186 g/mol. The summed E-state index contributed by atoms with van der Waals surface area (Å²) in [5.74, 6) is 0. The summed E-state index contributed by atoms with van der Waals surface area (Å²) in [6.45, 7) is 7.37. The number of rotatable bonds is 5. The zero-order valence-corrected chi connectivity index (χ0v) is 9.40. The summed E-state index contributed by atoms with van der Waals surface area (Å²) in [6, 6.07) is 5.89. The maximum absolute atomic E-state index is 8.73. The molecule has 0 N–H and O–H groups in total. The van der Waals surface area contributed by atoms with Gasteiger partial charge in [-0.25, -0.2) is 4.98 Å². The molecule has 0 radical (unpaired) electrons. The Kier molecular flexibility index (Phi) is 4.79. The number of pyridine rings is 1. The van der Waals surface area contributed by atoms with Crippen LogP contribution in [0.15, 0.2) is 18.3 Å². The highest BCUT2D eigenvalue weighted by atomic mass is 15.1. The molecule has 80 valence electrons. The topological polar surface area (TPSA) is 39.9 Å². The Balaban J connectivity index is 2.66. The molecule has 0 atom stereocenters. The molecule has 1 heterocycles. The number of aromatic nitrogens is 1. The van der Waals surface area contributed by atoms with E-state index in [0.29, 0.717) is 5.69 Å². The molecule has 15 heavy (non-hydrogen) atoms. The third-order valence-electron chi connectivity index (χ3n) is 2.33. The van der Waals surface area contributed by atoms with E-state index in [4.69, 9.17) is 5.26 Å². The van der Waals surface area contributed by atoms with Gasteiger partial charge in [-0.2, -0.15) is 5.26 Å². The van der Waals surface area contributed by atoms with E-state index < -0.39 is 0 Å². The van der Waals surface area contributed by atoms with Crippen LogP contribution in [0.4, 0.5) is 0 Å². The molecule has 0 unspecified atom stereocenters. The molecule has 0 aliphatic rings. The van der Waals surface area contributed by atoms with Crippen LogP contribution in [0.3, 0.4) is 0 Å². The van der Waals surface area contributed by atoms with Gasteiger partial charge in [0.15, 0.2) is 0 Å². The Labute approximate surface area is 91.4 Å². The van der Waals surface area contributed by atoms with Gasteiger partial charge >= 0.3 is 0 Å². The molecule has 0 saturated heterocycles. The molecule has 3 nitrogen and oxygen atoms in total. The second kappa shape index (κ2) is 6.15. The molecule has 0 bridgehead atoms. The lowest BCUT2D eigenvalue weighted by Gasteiger charge is -2.19. The summed E-state index contributed by atoms with van der Waals surface area (Å²) in [5, 5.41) is 8.73. The largest absolute Gasteiger partial charge is 0.299 e. The van der Waals surface area contributed by atoms with Crippen molar-refractivity contribution in [2.24, 2.45) is 0 Å². The first-order chi connectivity index (χ1) is 7.30. The zero-order valence-electron chi connectivity index (χ0n) is 9.40. The summed E-state index contributed by atoms with van der Waals surface area (Å²) >= 11 is 0. The van der Waals surface area contributed by atoms with E-state index in [-0.39, 0.29) is 0 Å². The monoisotopic (exact) mass is 203 g/mol. The Morgan fingerprint density at radius 3 is 2.87 bits per heavy atom. The highest BCUT2D eigenvalue weighted by Gasteiger charge is 2.03. The number of nitriles is 1. The first-order valence-corrected chi connectivity index (χ1v) is 5.37. The van der Waals surface area contributed by atoms with Crippen molar-refractivity contribution in [3.63, 3.8) is 0 Å². The predicted octanol–water partition coefficient (Wildman–Crippen LogP) is 2.19. The van der Waals surface area contributed by atoms with Gasteiger partial charge in [-0.05, 0) is 37.2 Å². The second-order valence-corrected chi connectivity index (χ2v) is 3.53. The average Bonchev–Trinajstić information content (AvgIpc) is 2.29. The molecule has 0 fully saturated rings. The molecule has 1 aromatic heterocycles. The van der Waals surface area contributed by atoms with Gasteiger partial charge in [0, 0.05) is 12.7 Å². The molecule has 0 saturated carbocycles. The molecular formula is C12H17N3. The van der Waals surface area contributed by atoms with Gasteiger partial charge in [-0.1, -0.05) is 13.8 Å². The van der Waals surface area contributed by atoms with Gasteiger partial charge in [0.25, 0.3) is 0 Å². The van der Waals surface area contributed by atoms with E-state index in [0.717, 1.165) is 31.6 Å². The maximum atomic E-state index is 8.73. The maximum Gasteiger partial charge on any atom is 0.140 e. The highest BCUT2D eigenvalue weighted by Crippen LogP contribution is 2.05. The lowest BCUT2D eigenvalue weighted by Crippen LogP contribution is -2.23. The fraction of sp³-hybridized carbons (Fsp3) is 0.500. The van der Waals surface area contributed by atoms with Crippen LogP contribution in [0.2, 0.25) is 0 Å². The predicted molar refractivity (Wildman–Crippen MR) is 60.2 cm³/mol. The van der Waals surface area contributed by atoms with Crippen LogP contribution < -0.4 is 0 Å². The third kappa shape index (κ3) is 3.69. The number of hydrogen-bond donors (Lipinski definition) is 0. The minimum atomic E-state index is 0.500. The number of hydrogen-bond acceptors (Lipinski definition) is 3. The first-order valence-electron chi connectivity index (χ1n) is 5.37. The van der Waals surface area contributed by atoms with E-state index in [1.807, 2.05) is 12.1 Å². The standard InChI is InChI=1S/C12H17N3/c1-3-7-15(4-2)10-11-5-6-14-12(8-11)9-13/h5-6,8H,3-4,7,10H2,1-2H3. The fourth-order valence-electron chi connectivity index (χ4n) is 1.56. The van der Waals surface area contributed by atoms with E-state index >= 15 is 0 Å². The molecule has 0 spiro atoms. The van der Waals surface area contributed by atoms with E-state index in [9.17, 15) is 0 Å². The summed E-state index contributed by atoms with van der Waals surface area (Å²) in [4.78, 5) is 6.31. The van der Waals surface area contributed by atoms with E-state index in [1.54, 1.807) is 6.20 Å². The van der Waals surface area contributed by atoms with Crippen molar-refractivity contribution in [2.75, 3.05) is 13.1 Å². The van der Waals surface area contributed by atoms with Crippen molar-refractivity contribution in [1.29, 1.82) is 5.26 Å². The fourth-order valence-corrected chi connectivity index (χ4v) is 1.56. The summed E-state index contributed by atoms with van der Waals surface area (Å²) in [6.07, 6.45) is 2.86. The second-order valence-electron chi connectivity index (χ2n) is 3.53. The molecule has 1 rings (SSSR count). The smallest absolute Gasteiger partial charge is 0.140 e. The van der Waals surface area contributed by atoms with Gasteiger partial charge in [0.05, 0.1) is 0 Å². The number of nitrogens with zero attached hydrogens (tertiary/aromatic N) is 3. The van der Waals surface area contributed by atoms with Gasteiger partial charge in [-0.15, -0.1) is 0 Å². The van der Waals surface area contributed by atoms with Gasteiger partial charge in [0.1, 0.15) is 11.8 Å². The lowest BCUT2D eigenvalue weighted by molar-refractivity contribution is 0.280. The Morgan fingerprint density at radius 2 is 2.27 bits per heavy atom. The SMILES string of the molecule is CCCN(CC)Cc1ccnc(C#N)c1. The normalized spacial score (nSPS) is 10.3. The first kappa shape index (κ1) is 11.7. The Hall–Kier alpha value is -1.40. The molecule has 0 amide bonds. The van der Waals surface area contributed by atoms with Crippen molar-refractivity contribution < 1.29 is 0 Å². The van der Waals surface area contributed by atoms with Gasteiger partial charge in [-0.3, -0.25) is 4.90 Å². The van der Waals surface area contributed by atoms with Crippen molar-refractivity contribution in [2.45, 2.75) is 26.8 Å². The molecule has 0 aliphatic heterocycles. The van der Waals surface area contributed by atoms with Gasteiger partial charge in [0.2, 0.25) is 0 Å². The van der Waals surface area contributed by atoms with Crippen molar-refractivity contribution in [3.8, 4) is 6.07 Å².